The van der Waals surface area contributed by atoms with E-state index in [1.807, 2.05) is 17.5 Å². The van der Waals surface area contributed by atoms with Crippen molar-refractivity contribution in [2.24, 2.45) is 5.73 Å². The van der Waals surface area contributed by atoms with Crippen LogP contribution >= 0.6 is 23.6 Å². The topological polar surface area (TPSA) is 38.0 Å². The fourth-order valence-corrected chi connectivity index (χ4v) is 2.52. The Balaban J connectivity index is 2.24. The number of halogens is 3. The maximum atomic E-state index is 12.8. The quantitative estimate of drug-likeness (QED) is 0.837. The molecular weight excluding hydrogens is 305 g/mol. The fourth-order valence-electron chi connectivity index (χ4n) is 1.71. The SMILES string of the molecule is NC(=S)c1cc(NCc2cccs2)ccc1C(F)(F)F. The summed E-state index contributed by atoms with van der Waals surface area (Å²) in [7, 11) is 0. The number of alkyl halides is 3. The van der Waals surface area contributed by atoms with E-state index in [0.29, 0.717) is 12.2 Å². The van der Waals surface area contributed by atoms with Crippen LogP contribution in [0.25, 0.3) is 0 Å². The summed E-state index contributed by atoms with van der Waals surface area (Å²) in [6.07, 6.45) is -4.47. The van der Waals surface area contributed by atoms with Gasteiger partial charge in [0.1, 0.15) is 4.99 Å². The van der Waals surface area contributed by atoms with Crippen LogP contribution < -0.4 is 11.1 Å². The van der Waals surface area contributed by atoms with Crippen LogP contribution in [0, 0.1) is 0 Å². The van der Waals surface area contributed by atoms with Gasteiger partial charge in [0.2, 0.25) is 0 Å². The van der Waals surface area contributed by atoms with Gasteiger partial charge in [-0.1, -0.05) is 18.3 Å². The van der Waals surface area contributed by atoms with Gasteiger partial charge in [0.05, 0.1) is 5.56 Å². The first-order valence-electron chi connectivity index (χ1n) is 5.65. The van der Waals surface area contributed by atoms with Crippen LogP contribution in [-0.2, 0) is 12.7 Å². The van der Waals surface area contributed by atoms with E-state index < -0.39 is 11.7 Å². The van der Waals surface area contributed by atoms with Gasteiger partial charge in [0.15, 0.2) is 0 Å². The number of hydrogen-bond donors (Lipinski definition) is 2. The van der Waals surface area contributed by atoms with E-state index in [1.54, 1.807) is 11.3 Å². The Hall–Kier alpha value is -1.60. The maximum absolute atomic E-state index is 12.8. The Labute approximate surface area is 123 Å². The van der Waals surface area contributed by atoms with E-state index in [0.717, 1.165) is 10.9 Å². The van der Waals surface area contributed by atoms with Gasteiger partial charge in [-0.3, -0.25) is 0 Å². The third-order valence-corrected chi connectivity index (χ3v) is 3.73. The molecular formula is C13H11F3N2S2. The minimum Gasteiger partial charge on any atom is -0.389 e. The molecule has 20 heavy (non-hydrogen) atoms. The predicted octanol–water partition coefficient (Wildman–Crippen LogP) is 4.01. The predicted molar refractivity (Wildman–Crippen MR) is 79.0 cm³/mol. The molecule has 0 saturated heterocycles. The summed E-state index contributed by atoms with van der Waals surface area (Å²) in [5, 5.41) is 4.98. The molecule has 0 radical (unpaired) electrons. The van der Waals surface area contributed by atoms with Crippen molar-refractivity contribution in [2.75, 3.05) is 5.32 Å². The van der Waals surface area contributed by atoms with Gasteiger partial charge >= 0.3 is 6.18 Å². The Morgan fingerprint density at radius 2 is 2.05 bits per heavy atom. The molecule has 0 amide bonds. The van der Waals surface area contributed by atoms with Crippen LogP contribution in [0.15, 0.2) is 35.7 Å². The molecule has 1 heterocycles. The molecule has 0 spiro atoms. The normalized spacial score (nSPS) is 11.3. The van der Waals surface area contributed by atoms with Gasteiger partial charge in [0.25, 0.3) is 0 Å². The molecule has 0 unspecified atom stereocenters. The van der Waals surface area contributed by atoms with Gasteiger partial charge in [0, 0.05) is 22.7 Å². The van der Waals surface area contributed by atoms with Crippen LogP contribution in [0.2, 0.25) is 0 Å². The smallest absolute Gasteiger partial charge is 0.389 e. The summed E-state index contributed by atoms with van der Waals surface area (Å²) < 4.78 is 38.4. The second-order valence-electron chi connectivity index (χ2n) is 4.06. The summed E-state index contributed by atoms with van der Waals surface area (Å²) in [5.74, 6) is 0. The lowest BCUT2D eigenvalue weighted by molar-refractivity contribution is -0.137. The second-order valence-corrected chi connectivity index (χ2v) is 5.53. The van der Waals surface area contributed by atoms with Crippen LogP contribution in [0.5, 0.6) is 0 Å². The average molecular weight is 316 g/mol. The van der Waals surface area contributed by atoms with Crippen LogP contribution in [-0.4, -0.2) is 4.99 Å². The largest absolute Gasteiger partial charge is 0.417 e. The number of benzene rings is 1. The number of rotatable bonds is 4. The molecule has 0 saturated carbocycles. The van der Waals surface area contributed by atoms with Crippen molar-refractivity contribution >= 4 is 34.2 Å². The molecule has 7 heteroatoms. The molecule has 2 nitrogen and oxygen atoms in total. The molecule has 0 aliphatic heterocycles. The Morgan fingerprint density at radius 3 is 2.60 bits per heavy atom. The van der Waals surface area contributed by atoms with Crippen molar-refractivity contribution in [3.05, 3.63) is 51.7 Å². The summed E-state index contributed by atoms with van der Waals surface area (Å²) >= 11 is 6.26. The van der Waals surface area contributed by atoms with Crippen molar-refractivity contribution < 1.29 is 13.2 Å². The lowest BCUT2D eigenvalue weighted by Crippen LogP contribution is -2.18. The third kappa shape index (κ3) is 3.49. The highest BCUT2D eigenvalue weighted by atomic mass is 32.1. The average Bonchev–Trinajstić information content (AvgIpc) is 2.88. The molecule has 1 aromatic carbocycles. The van der Waals surface area contributed by atoms with E-state index in [1.165, 1.54) is 12.1 Å². The zero-order chi connectivity index (χ0) is 14.8. The first-order valence-corrected chi connectivity index (χ1v) is 6.94. The lowest BCUT2D eigenvalue weighted by atomic mass is 10.1. The maximum Gasteiger partial charge on any atom is 0.417 e. The standard InChI is InChI=1S/C13H11F3N2S2/c14-13(15,16)11-4-3-8(6-10(11)12(17)19)18-7-9-2-1-5-20-9/h1-6,18H,7H2,(H2,17,19). The lowest BCUT2D eigenvalue weighted by Gasteiger charge is -2.14. The van der Waals surface area contributed by atoms with Crippen LogP contribution in [0.1, 0.15) is 16.0 Å². The first kappa shape index (κ1) is 14.8. The molecule has 0 aliphatic carbocycles. The van der Waals surface area contributed by atoms with Gasteiger partial charge in [-0.15, -0.1) is 11.3 Å². The molecule has 1 aromatic heterocycles. The highest BCUT2D eigenvalue weighted by Gasteiger charge is 2.33. The van der Waals surface area contributed by atoms with E-state index >= 15 is 0 Å². The van der Waals surface area contributed by atoms with Crippen molar-refractivity contribution in [1.29, 1.82) is 0 Å². The summed E-state index contributed by atoms with van der Waals surface area (Å²) in [4.78, 5) is 0.818. The van der Waals surface area contributed by atoms with Gasteiger partial charge in [-0.2, -0.15) is 13.2 Å². The number of thiocarbonyl (C=S) groups is 1. The monoisotopic (exact) mass is 316 g/mol. The first-order chi connectivity index (χ1) is 9.38. The number of nitrogens with one attached hydrogen (secondary N) is 1. The summed E-state index contributed by atoms with van der Waals surface area (Å²) in [5.41, 5.74) is 4.95. The minimum atomic E-state index is -4.47. The minimum absolute atomic E-state index is 0.163. The van der Waals surface area contributed by atoms with E-state index in [4.69, 9.17) is 18.0 Å². The molecule has 106 valence electrons. The summed E-state index contributed by atoms with van der Waals surface area (Å²) in [6, 6.07) is 7.55. The van der Waals surface area contributed by atoms with Crippen molar-refractivity contribution in [1.82, 2.24) is 0 Å². The zero-order valence-electron chi connectivity index (χ0n) is 10.2. The third-order valence-electron chi connectivity index (χ3n) is 2.64. The number of nitrogens with two attached hydrogens (primary N) is 1. The van der Waals surface area contributed by atoms with Gasteiger partial charge < -0.3 is 11.1 Å². The zero-order valence-corrected chi connectivity index (χ0v) is 11.8. The van der Waals surface area contributed by atoms with Gasteiger partial charge in [-0.05, 0) is 29.6 Å². The number of anilines is 1. The van der Waals surface area contributed by atoms with Crippen molar-refractivity contribution in [2.45, 2.75) is 12.7 Å². The Kier molecular flexibility index (Phi) is 4.29. The highest BCUT2D eigenvalue weighted by Crippen LogP contribution is 2.33. The molecule has 0 aliphatic rings. The molecule has 3 N–H and O–H groups in total. The van der Waals surface area contributed by atoms with Gasteiger partial charge in [-0.25, -0.2) is 0 Å². The fraction of sp³-hybridized carbons (Fsp3) is 0.154. The van der Waals surface area contributed by atoms with E-state index in [-0.39, 0.29) is 10.6 Å². The van der Waals surface area contributed by atoms with E-state index in [2.05, 4.69) is 5.32 Å². The van der Waals surface area contributed by atoms with Crippen molar-refractivity contribution in [3.63, 3.8) is 0 Å². The highest BCUT2D eigenvalue weighted by molar-refractivity contribution is 7.80. The number of thiophene rings is 1. The molecule has 0 bridgehead atoms. The molecule has 0 fully saturated rings. The second kappa shape index (κ2) is 5.80. The van der Waals surface area contributed by atoms with Crippen molar-refractivity contribution in [3.8, 4) is 0 Å². The number of hydrogen-bond acceptors (Lipinski definition) is 3. The van der Waals surface area contributed by atoms with Crippen LogP contribution in [0.3, 0.4) is 0 Å². The molecule has 2 aromatic rings. The van der Waals surface area contributed by atoms with Crippen LogP contribution in [0.4, 0.5) is 18.9 Å². The molecule has 2 rings (SSSR count). The summed E-state index contributed by atoms with van der Waals surface area (Å²) in [6.45, 7) is 0.541. The molecule has 0 atom stereocenters. The Bertz CT molecular complexity index is 607. The Morgan fingerprint density at radius 1 is 1.30 bits per heavy atom. The van der Waals surface area contributed by atoms with E-state index in [9.17, 15) is 13.2 Å².